The lowest BCUT2D eigenvalue weighted by molar-refractivity contribution is 0.0551. The van der Waals surface area contributed by atoms with Crippen molar-refractivity contribution in [1.29, 1.82) is 5.26 Å². The molecule has 1 aromatic heterocycles. The van der Waals surface area contributed by atoms with Gasteiger partial charge in [-0.3, -0.25) is 4.72 Å². The molecule has 0 radical (unpaired) electrons. The van der Waals surface area contributed by atoms with Crippen LogP contribution in [0.2, 0.25) is 0 Å². The number of hydrogen-bond donors (Lipinski definition) is 2. The number of nitrogens with two attached hydrogens (primary N) is 1. The van der Waals surface area contributed by atoms with Gasteiger partial charge in [0, 0.05) is 0 Å². The van der Waals surface area contributed by atoms with Gasteiger partial charge in [0.1, 0.15) is 17.2 Å². The zero-order chi connectivity index (χ0) is 21.1. The van der Waals surface area contributed by atoms with Gasteiger partial charge in [-0.15, -0.1) is 0 Å². The summed E-state index contributed by atoms with van der Waals surface area (Å²) in [4.78, 5) is 27.7. The van der Waals surface area contributed by atoms with Crippen molar-refractivity contribution in [3.63, 3.8) is 0 Å². The van der Waals surface area contributed by atoms with Crippen LogP contribution in [0, 0.1) is 18.3 Å². The predicted molar refractivity (Wildman–Crippen MR) is 98.0 cm³/mol. The number of carbonyl (C=O) groups excluding carboxylic acids is 2. The van der Waals surface area contributed by atoms with Gasteiger partial charge < -0.3 is 15.2 Å². The van der Waals surface area contributed by atoms with E-state index in [0.29, 0.717) is 0 Å². The molecule has 0 fully saturated rings. The second-order valence-electron chi connectivity index (χ2n) is 5.49. The quantitative estimate of drug-likeness (QED) is 0.698. The first kappa shape index (κ1) is 20.7. The number of esters is 2. The fourth-order valence-corrected chi connectivity index (χ4v) is 3.26. The number of ether oxygens (including phenoxy) is 2. The van der Waals surface area contributed by atoms with Gasteiger partial charge in [0.05, 0.1) is 24.8 Å². The minimum absolute atomic E-state index is 0.0981. The van der Waals surface area contributed by atoms with Crippen LogP contribution in [-0.2, 0) is 19.5 Å². The van der Waals surface area contributed by atoms with E-state index in [9.17, 15) is 23.3 Å². The summed E-state index contributed by atoms with van der Waals surface area (Å²) in [5.74, 6) is -2.61. The van der Waals surface area contributed by atoms with E-state index in [4.69, 9.17) is 5.73 Å². The molecule has 0 spiro atoms. The Kier molecular flexibility index (Phi) is 5.85. The number of sulfonamides is 1. The van der Waals surface area contributed by atoms with Gasteiger partial charge in [0.2, 0.25) is 0 Å². The molecule has 1 aromatic carbocycles. The van der Waals surface area contributed by atoms with Gasteiger partial charge in [0.15, 0.2) is 11.5 Å². The van der Waals surface area contributed by atoms with E-state index in [1.807, 2.05) is 0 Å². The van der Waals surface area contributed by atoms with Crippen molar-refractivity contribution < 1.29 is 27.5 Å². The molecule has 1 heterocycles. The summed E-state index contributed by atoms with van der Waals surface area (Å²) in [5.41, 5.74) is 4.68. The third-order valence-electron chi connectivity index (χ3n) is 3.68. The van der Waals surface area contributed by atoms with E-state index in [1.165, 1.54) is 12.1 Å². The van der Waals surface area contributed by atoms with E-state index in [2.05, 4.69) is 19.2 Å². The number of nitrogens with zero attached hydrogens (tertiary/aromatic N) is 2. The number of nitrogen functional groups attached to an aromatic ring is 1. The molecule has 11 heteroatoms. The molecule has 146 valence electrons. The van der Waals surface area contributed by atoms with Gasteiger partial charge in [-0.2, -0.15) is 5.26 Å². The summed E-state index contributed by atoms with van der Waals surface area (Å²) in [5, 5.41) is 9.40. The lowest BCUT2D eigenvalue weighted by Crippen LogP contribution is -2.22. The summed E-state index contributed by atoms with van der Waals surface area (Å²) in [6.07, 6.45) is 0. The molecule has 0 saturated carbocycles. The molecule has 0 bridgehead atoms. The predicted octanol–water partition coefficient (Wildman–Crippen LogP) is 1.22. The first-order valence-electron chi connectivity index (χ1n) is 7.66. The summed E-state index contributed by atoms with van der Waals surface area (Å²) in [6, 6.07) is 7.56. The van der Waals surface area contributed by atoms with Gasteiger partial charge in [0.25, 0.3) is 10.0 Å². The van der Waals surface area contributed by atoms with E-state index in [0.717, 1.165) is 19.8 Å². The first-order chi connectivity index (χ1) is 13.2. The summed E-state index contributed by atoms with van der Waals surface area (Å²) < 4.78 is 36.5. The fraction of sp³-hybridized carbons (Fsp3) is 0.176. The Bertz CT molecular complexity index is 1090. The molecule has 3 N–H and O–H groups in total. The minimum Gasteiger partial charge on any atom is -0.465 e. The van der Waals surface area contributed by atoms with Crippen LogP contribution in [0.4, 0.5) is 11.5 Å². The van der Waals surface area contributed by atoms with E-state index >= 15 is 0 Å². The smallest absolute Gasteiger partial charge is 0.357 e. The second-order valence-corrected chi connectivity index (χ2v) is 7.17. The average molecular weight is 404 g/mol. The van der Waals surface area contributed by atoms with Crippen molar-refractivity contribution in [2.45, 2.75) is 11.8 Å². The van der Waals surface area contributed by atoms with Crippen molar-refractivity contribution in [3.05, 3.63) is 46.6 Å². The monoisotopic (exact) mass is 404 g/mol. The van der Waals surface area contributed by atoms with Crippen molar-refractivity contribution in [3.8, 4) is 6.07 Å². The topological polar surface area (TPSA) is 161 Å². The maximum Gasteiger partial charge on any atom is 0.357 e. The minimum atomic E-state index is -4.15. The fourth-order valence-electron chi connectivity index (χ4n) is 2.25. The van der Waals surface area contributed by atoms with Gasteiger partial charge in [-0.1, -0.05) is 17.7 Å². The molecule has 2 rings (SSSR count). The number of aryl methyl sites for hydroxylation is 1. The molecule has 0 unspecified atom stereocenters. The normalized spacial score (nSPS) is 10.6. The highest BCUT2D eigenvalue weighted by Crippen LogP contribution is 2.29. The summed E-state index contributed by atoms with van der Waals surface area (Å²) in [6.45, 7) is 1.79. The molecule has 28 heavy (non-hydrogen) atoms. The molecular formula is C17H16N4O6S. The molecule has 2 aromatic rings. The summed E-state index contributed by atoms with van der Waals surface area (Å²) >= 11 is 0. The van der Waals surface area contributed by atoms with Gasteiger partial charge in [-0.05, 0) is 19.1 Å². The Labute approximate surface area is 160 Å². The van der Waals surface area contributed by atoms with Crippen LogP contribution in [-0.4, -0.2) is 39.6 Å². The number of nitrogens with one attached hydrogen (secondary N) is 1. The second kappa shape index (κ2) is 7.93. The number of carbonyl (C=O) groups is 2. The van der Waals surface area contributed by atoms with Crippen molar-refractivity contribution in [2.24, 2.45) is 0 Å². The van der Waals surface area contributed by atoms with E-state index in [-0.39, 0.29) is 4.90 Å². The maximum absolute atomic E-state index is 12.6. The van der Waals surface area contributed by atoms with Crippen LogP contribution in [0.1, 0.15) is 32.0 Å². The lowest BCUT2D eigenvalue weighted by Gasteiger charge is -2.15. The first-order valence-corrected chi connectivity index (χ1v) is 9.14. The van der Waals surface area contributed by atoms with Crippen molar-refractivity contribution in [1.82, 2.24) is 4.98 Å². The van der Waals surface area contributed by atoms with Crippen LogP contribution in [0.25, 0.3) is 0 Å². The maximum atomic E-state index is 12.6. The van der Waals surface area contributed by atoms with Crippen molar-refractivity contribution >= 4 is 33.5 Å². The third-order valence-corrected chi connectivity index (χ3v) is 5.03. The summed E-state index contributed by atoms with van der Waals surface area (Å²) in [7, 11) is -2.07. The highest BCUT2D eigenvalue weighted by Gasteiger charge is 2.29. The van der Waals surface area contributed by atoms with E-state index < -0.39 is 50.3 Å². The Balaban J connectivity index is 2.69. The van der Waals surface area contributed by atoms with Crippen LogP contribution < -0.4 is 10.5 Å². The third kappa shape index (κ3) is 3.86. The highest BCUT2D eigenvalue weighted by atomic mass is 32.2. The van der Waals surface area contributed by atoms with Gasteiger partial charge in [-0.25, -0.2) is 23.0 Å². The van der Waals surface area contributed by atoms with Crippen LogP contribution in [0.3, 0.4) is 0 Å². The Morgan fingerprint density at radius 2 is 1.71 bits per heavy atom. The number of nitriles is 1. The average Bonchev–Trinajstić information content (AvgIpc) is 2.66. The van der Waals surface area contributed by atoms with Crippen LogP contribution in [0.15, 0.2) is 29.2 Å². The number of methoxy groups -OCH3 is 2. The number of benzene rings is 1. The molecule has 0 aliphatic rings. The molecule has 10 nitrogen and oxygen atoms in total. The lowest BCUT2D eigenvalue weighted by atomic mass is 10.1. The zero-order valence-electron chi connectivity index (χ0n) is 15.1. The standard InChI is InChI=1S/C17H16N4O6S/c1-9-4-6-10(7-5-9)28(24,25)21-15-11(8-18)13(19)12(16(22)26-2)14(20-15)17(23)27-3/h4-7H,1-3H3,(H3,19,20,21). The SMILES string of the molecule is COC(=O)c1nc(NS(=O)(=O)c2ccc(C)cc2)c(C#N)c(N)c1C(=O)OC. The number of pyridine rings is 1. The zero-order valence-corrected chi connectivity index (χ0v) is 16.0. The number of anilines is 2. The van der Waals surface area contributed by atoms with Crippen molar-refractivity contribution in [2.75, 3.05) is 24.7 Å². The van der Waals surface area contributed by atoms with Crippen LogP contribution >= 0.6 is 0 Å². The molecule has 0 saturated heterocycles. The molecular weight excluding hydrogens is 388 g/mol. The largest absolute Gasteiger partial charge is 0.465 e. The Morgan fingerprint density at radius 3 is 2.21 bits per heavy atom. The van der Waals surface area contributed by atoms with E-state index in [1.54, 1.807) is 25.1 Å². The van der Waals surface area contributed by atoms with Crippen LogP contribution in [0.5, 0.6) is 0 Å². The van der Waals surface area contributed by atoms with Gasteiger partial charge >= 0.3 is 11.9 Å². The highest BCUT2D eigenvalue weighted by molar-refractivity contribution is 7.92. The molecule has 0 aliphatic carbocycles. The number of rotatable bonds is 5. The molecule has 0 amide bonds. The number of hydrogen-bond acceptors (Lipinski definition) is 9. The molecule has 0 atom stereocenters. The molecule has 0 aliphatic heterocycles. The number of aromatic nitrogens is 1. The Hall–Kier alpha value is -3.65. The Morgan fingerprint density at radius 1 is 1.14 bits per heavy atom.